The molecule has 5 heteroatoms. The molecule has 1 aromatic heterocycles. The first kappa shape index (κ1) is 18.5. The van der Waals surface area contributed by atoms with Crippen LogP contribution in [0.2, 0.25) is 0 Å². The van der Waals surface area contributed by atoms with Crippen molar-refractivity contribution < 1.29 is 9.21 Å². The molecule has 0 N–H and O–H groups in total. The Morgan fingerprint density at radius 2 is 1.78 bits per heavy atom. The van der Waals surface area contributed by atoms with Gasteiger partial charge >= 0.3 is 0 Å². The highest BCUT2D eigenvalue weighted by Gasteiger charge is 2.37. The third-order valence-corrected chi connectivity index (χ3v) is 6.58. The number of aryl methyl sites for hydroxylation is 1. The summed E-state index contributed by atoms with van der Waals surface area (Å²) in [5.41, 5.74) is 2.25. The number of rotatable bonds is 3. The summed E-state index contributed by atoms with van der Waals surface area (Å²) in [5.74, 6) is 1.53. The molecule has 2 aliphatic rings. The lowest BCUT2D eigenvalue weighted by molar-refractivity contribution is -0.123. The van der Waals surface area contributed by atoms with Crippen molar-refractivity contribution in [2.24, 2.45) is 0 Å². The molecule has 1 saturated carbocycles. The van der Waals surface area contributed by atoms with Crippen LogP contribution >= 0.6 is 24.0 Å². The number of carbonyl (C=O) groups excluding carboxylic acids is 1. The number of amides is 1. The van der Waals surface area contributed by atoms with Crippen LogP contribution in [0, 0.1) is 6.92 Å². The maximum absolute atomic E-state index is 13.0. The second-order valence-electron chi connectivity index (χ2n) is 7.27. The highest BCUT2D eigenvalue weighted by Crippen LogP contribution is 2.37. The normalized spacial score (nSPS) is 20.5. The molecule has 0 radical (unpaired) electrons. The lowest BCUT2D eigenvalue weighted by Gasteiger charge is -2.25. The molecular formula is C22H23NO2S2. The molecule has 3 nitrogen and oxygen atoms in total. The van der Waals surface area contributed by atoms with E-state index in [1.165, 1.54) is 43.0 Å². The van der Waals surface area contributed by atoms with Crippen LogP contribution in [-0.2, 0) is 4.79 Å². The Hall–Kier alpha value is -1.85. The maximum Gasteiger partial charge on any atom is 0.266 e. The number of carbonyl (C=O) groups is 1. The third-order valence-electron chi connectivity index (χ3n) is 5.25. The van der Waals surface area contributed by atoms with Crippen LogP contribution in [0.3, 0.4) is 0 Å². The number of furan rings is 1. The molecule has 1 aliphatic heterocycles. The number of thiocarbonyl (C=S) groups is 1. The van der Waals surface area contributed by atoms with Gasteiger partial charge in [0.15, 0.2) is 0 Å². The van der Waals surface area contributed by atoms with Gasteiger partial charge in [0, 0.05) is 17.7 Å². The van der Waals surface area contributed by atoms with Crippen molar-refractivity contribution in [2.45, 2.75) is 51.5 Å². The van der Waals surface area contributed by atoms with E-state index >= 15 is 0 Å². The Labute approximate surface area is 169 Å². The van der Waals surface area contributed by atoms with Gasteiger partial charge < -0.3 is 4.42 Å². The van der Waals surface area contributed by atoms with Crippen LogP contribution in [0.1, 0.15) is 49.8 Å². The molecule has 27 heavy (non-hydrogen) atoms. The molecule has 1 saturated heterocycles. The van der Waals surface area contributed by atoms with Gasteiger partial charge in [-0.05, 0) is 31.9 Å². The average molecular weight is 398 g/mol. The molecule has 1 amide bonds. The van der Waals surface area contributed by atoms with Gasteiger partial charge in [-0.15, -0.1) is 0 Å². The molecule has 0 atom stereocenters. The first-order valence-electron chi connectivity index (χ1n) is 9.56. The van der Waals surface area contributed by atoms with Crippen LogP contribution in [0.15, 0.2) is 45.7 Å². The highest BCUT2D eigenvalue weighted by molar-refractivity contribution is 8.26. The number of thioether (sulfide) groups is 1. The summed E-state index contributed by atoms with van der Waals surface area (Å²) in [6, 6.07) is 12.3. The van der Waals surface area contributed by atoms with E-state index in [4.69, 9.17) is 16.6 Å². The first-order chi connectivity index (χ1) is 13.1. The summed E-state index contributed by atoms with van der Waals surface area (Å²) >= 11 is 6.92. The minimum atomic E-state index is 0.0326. The molecule has 140 valence electrons. The summed E-state index contributed by atoms with van der Waals surface area (Å²) in [5, 5.41) is 0. The van der Waals surface area contributed by atoms with Gasteiger partial charge in [-0.25, -0.2) is 0 Å². The largest absolute Gasteiger partial charge is 0.457 e. The molecule has 1 aromatic carbocycles. The topological polar surface area (TPSA) is 33.5 Å². The summed E-state index contributed by atoms with van der Waals surface area (Å²) < 4.78 is 6.64. The summed E-state index contributed by atoms with van der Waals surface area (Å²) in [4.78, 5) is 15.5. The third kappa shape index (κ3) is 4.04. The number of hydrogen-bond donors (Lipinski definition) is 0. The van der Waals surface area contributed by atoms with Gasteiger partial charge in [-0.3, -0.25) is 9.69 Å². The van der Waals surface area contributed by atoms with Gasteiger partial charge in [0.2, 0.25) is 0 Å². The number of hydrogen-bond acceptors (Lipinski definition) is 4. The fraction of sp³-hybridized carbons (Fsp3) is 0.364. The maximum atomic E-state index is 13.0. The van der Waals surface area contributed by atoms with E-state index in [-0.39, 0.29) is 11.9 Å². The Morgan fingerprint density at radius 3 is 2.48 bits per heavy atom. The SMILES string of the molecule is Cc1ccc(-c2ccc(C=C3SC(=S)N(C4CCCCCC4)C3=O)o2)cc1. The van der Waals surface area contributed by atoms with Crippen molar-refractivity contribution >= 4 is 40.3 Å². The van der Waals surface area contributed by atoms with E-state index in [9.17, 15) is 4.79 Å². The quantitative estimate of drug-likeness (QED) is 0.352. The predicted molar refractivity (Wildman–Crippen MR) is 115 cm³/mol. The number of nitrogens with zero attached hydrogens (tertiary/aromatic N) is 1. The van der Waals surface area contributed by atoms with Crippen LogP contribution in [0.4, 0.5) is 0 Å². The van der Waals surface area contributed by atoms with E-state index in [1.807, 2.05) is 35.2 Å². The van der Waals surface area contributed by atoms with Gasteiger partial charge in [0.25, 0.3) is 5.91 Å². The van der Waals surface area contributed by atoms with Crippen molar-refractivity contribution in [1.82, 2.24) is 4.90 Å². The zero-order valence-electron chi connectivity index (χ0n) is 15.4. The van der Waals surface area contributed by atoms with E-state index in [0.29, 0.717) is 15.0 Å². The molecule has 2 heterocycles. The molecule has 0 spiro atoms. The standard InChI is InChI=1S/C22H23NO2S2/c1-15-8-10-16(11-9-15)19-13-12-18(25-19)14-20-21(24)23(22(26)27-20)17-6-4-2-3-5-7-17/h8-14,17H,2-7H2,1H3. The van der Waals surface area contributed by atoms with Crippen LogP contribution in [-0.4, -0.2) is 21.2 Å². The van der Waals surface area contributed by atoms with E-state index in [2.05, 4.69) is 19.1 Å². The minimum Gasteiger partial charge on any atom is -0.457 e. The van der Waals surface area contributed by atoms with E-state index in [1.54, 1.807) is 0 Å². The van der Waals surface area contributed by atoms with E-state index < -0.39 is 0 Å². The zero-order valence-corrected chi connectivity index (χ0v) is 17.1. The Bertz CT molecular complexity index is 874. The smallest absolute Gasteiger partial charge is 0.266 e. The summed E-state index contributed by atoms with van der Waals surface area (Å²) in [6.07, 6.45) is 8.81. The zero-order chi connectivity index (χ0) is 18.8. The van der Waals surface area contributed by atoms with Gasteiger partial charge in [-0.2, -0.15) is 0 Å². The van der Waals surface area contributed by atoms with Gasteiger partial charge in [0.1, 0.15) is 15.8 Å². The molecule has 2 fully saturated rings. The average Bonchev–Trinajstić information content (AvgIpc) is 3.10. The second-order valence-corrected chi connectivity index (χ2v) is 8.94. The van der Waals surface area contributed by atoms with E-state index in [0.717, 1.165) is 24.2 Å². The van der Waals surface area contributed by atoms with Crippen molar-refractivity contribution in [2.75, 3.05) is 0 Å². The first-order valence-corrected chi connectivity index (χ1v) is 10.8. The van der Waals surface area contributed by atoms with Crippen molar-refractivity contribution in [3.05, 3.63) is 52.6 Å². The predicted octanol–water partition coefficient (Wildman–Crippen LogP) is 6.18. The van der Waals surface area contributed by atoms with Crippen molar-refractivity contribution in [3.63, 3.8) is 0 Å². The van der Waals surface area contributed by atoms with Crippen LogP contribution in [0.5, 0.6) is 0 Å². The lowest BCUT2D eigenvalue weighted by Crippen LogP contribution is -2.38. The molecular weight excluding hydrogens is 374 g/mol. The number of benzene rings is 1. The molecule has 4 rings (SSSR count). The summed E-state index contributed by atoms with van der Waals surface area (Å²) in [7, 11) is 0. The molecule has 1 aliphatic carbocycles. The Balaban J connectivity index is 1.53. The van der Waals surface area contributed by atoms with Crippen LogP contribution < -0.4 is 0 Å². The minimum absolute atomic E-state index is 0.0326. The molecule has 2 aromatic rings. The van der Waals surface area contributed by atoms with Gasteiger partial charge in [0.05, 0.1) is 4.91 Å². The Morgan fingerprint density at radius 1 is 1.07 bits per heavy atom. The van der Waals surface area contributed by atoms with Gasteiger partial charge in [-0.1, -0.05) is 79.5 Å². The fourth-order valence-corrected chi connectivity index (χ4v) is 5.12. The monoisotopic (exact) mass is 397 g/mol. The van der Waals surface area contributed by atoms with Crippen molar-refractivity contribution in [3.8, 4) is 11.3 Å². The lowest BCUT2D eigenvalue weighted by atomic mass is 10.1. The Kier molecular flexibility index (Phi) is 5.50. The molecule has 0 unspecified atom stereocenters. The molecule has 0 bridgehead atoms. The van der Waals surface area contributed by atoms with Crippen molar-refractivity contribution in [1.29, 1.82) is 0 Å². The highest BCUT2D eigenvalue weighted by atomic mass is 32.2. The fourth-order valence-electron chi connectivity index (χ4n) is 3.74. The summed E-state index contributed by atoms with van der Waals surface area (Å²) in [6.45, 7) is 2.06. The second kappa shape index (κ2) is 8.03. The van der Waals surface area contributed by atoms with Crippen LogP contribution in [0.25, 0.3) is 17.4 Å².